The van der Waals surface area contributed by atoms with Crippen LogP contribution < -0.4 is 4.90 Å². The molecule has 2 aromatic rings. The van der Waals surface area contributed by atoms with Gasteiger partial charge in [0.2, 0.25) is 0 Å². The van der Waals surface area contributed by atoms with E-state index in [1.807, 2.05) is 0 Å². The quantitative estimate of drug-likeness (QED) is 0.851. The summed E-state index contributed by atoms with van der Waals surface area (Å²) >= 11 is 5.92. The molecule has 0 radical (unpaired) electrons. The Kier molecular flexibility index (Phi) is 4.83. The van der Waals surface area contributed by atoms with Gasteiger partial charge >= 0.3 is 0 Å². The van der Waals surface area contributed by atoms with Gasteiger partial charge in [-0.3, -0.25) is 14.5 Å². The number of hydrogen-bond acceptors (Lipinski definition) is 3. The van der Waals surface area contributed by atoms with Gasteiger partial charge in [-0.15, -0.1) is 0 Å². The van der Waals surface area contributed by atoms with E-state index in [-0.39, 0.29) is 11.4 Å². The fourth-order valence-electron chi connectivity index (χ4n) is 3.00. The molecule has 0 saturated carbocycles. The van der Waals surface area contributed by atoms with Gasteiger partial charge in [0, 0.05) is 16.6 Å². The maximum Gasteiger partial charge on any atom is 0.294 e. The molecule has 1 N–H and O–H groups in total. The van der Waals surface area contributed by atoms with Gasteiger partial charge in [0.1, 0.15) is 5.82 Å². The molecule has 6 heteroatoms. The first-order valence-corrected chi connectivity index (χ1v) is 8.51. The average molecular weight is 374 g/mol. The maximum atomic E-state index is 13.4. The van der Waals surface area contributed by atoms with E-state index in [1.54, 1.807) is 38.1 Å². The lowest BCUT2D eigenvalue weighted by Gasteiger charge is -2.27. The highest BCUT2D eigenvalue weighted by molar-refractivity contribution is 6.30. The van der Waals surface area contributed by atoms with Crippen molar-refractivity contribution in [3.8, 4) is 0 Å². The molecule has 0 bridgehead atoms. The van der Waals surface area contributed by atoms with Crippen LogP contribution in [0.4, 0.5) is 10.1 Å². The van der Waals surface area contributed by atoms with Crippen molar-refractivity contribution < 1.29 is 19.1 Å². The smallest absolute Gasteiger partial charge is 0.294 e. The number of Topliss-reactive ketones (excluding diaryl/α,β-unsaturated/α-hetero) is 1. The lowest BCUT2D eigenvalue weighted by atomic mass is 9.91. The van der Waals surface area contributed by atoms with Gasteiger partial charge in [0.05, 0.1) is 11.6 Å². The molecule has 1 aliphatic rings. The Morgan fingerprint density at radius 2 is 1.69 bits per heavy atom. The normalized spacial score (nSPS) is 17.3. The van der Waals surface area contributed by atoms with Crippen LogP contribution in [0.1, 0.15) is 25.5 Å². The number of aliphatic hydroxyl groups excluding tert-OH is 1. The van der Waals surface area contributed by atoms with Crippen LogP contribution in [0.25, 0.3) is 0 Å². The molecule has 3 rings (SSSR count). The molecule has 1 amide bonds. The zero-order valence-corrected chi connectivity index (χ0v) is 15.0. The third kappa shape index (κ3) is 3.10. The zero-order chi connectivity index (χ0) is 19.0. The van der Waals surface area contributed by atoms with E-state index >= 15 is 0 Å². The van der Waals surface area contributed by atoms with Crippen LogP contribution in [0.15, 0.2) is 59.9 Å². The molecule has 0 fully saturated rings. The number of carbonyl (C=O) groups is 2. The molecular formula is C20H17ClFNO3. The Morgan fingerprint density at radius 1 is 1.12 bits per heavy atom. The van der Waals surface area contributed by atoms with Gasteiger partial charge in [-0.05, 0) is 42.0 Å². The van der Waals surface area contributed by atoms with Crippen molar-refractivity contribution in [1.29, 1.82) is 0 Å². The van der Waals surface area contributed by atoms with E-state index < -0.39 is 29.4 Å². The second-order valence-corrected chi connectivity index (χ2v) is 6.82. The van der Waals surface area contributed by atoms with Gasteiger partial charge in [-0.1, -0.05) is 37.6 Å². The van der Waals surface area contributed by atoms with E-state index in [0.29, 0.717) is 16.3 Å². The minimum atomic E-state index is -0.834. The van der Waals surface area contributed by atoms with Crippen LogP contribution in [0, 0.1) is 11.7 Å². The van der Waals surface area contributed by atoms with Crippen molar-refractivity contribution in [1.82, 2.24) is 0 Å². The molecule has 26 heavy (non-hydrogen) atoms. The molecule has 1 unspecified atom stereocenters. The van der Waals surface area contributed by atoms with Crippen molar-refractivity contribution in [2.75, 3.05) is 4.90 Å². The standard InChI is InChI=1S/C20H17ClFNO3/c1-11(2)18(24)16-17(12-3-7-14(22)8-4-12)23(20(26)19(16)25)15-9-5-13(21)6-10-15/h3-11,17,25H,1-2H3. The molecule has 4 nitrogen and oxygen atoms in total. The van der Waals surface area contributed by atoms with Crippen molar-refractivity contribution >= 4 is 29.0 Å². The van der Waals surface area contributed by atoms with Crippen LogP contribution in [0.3, 0.4) is 0 Å². The van der Waals surface area contributed by atoms with Gasteiger partial charge in [0.25, 0.3) is 5.91 Å². The summed E-state index contributed by atoms with van der Waals surface area (Å²) in [6.45, 7) is 3.39. The molecule has 2 aromatic carbocycles. The number of aliphatic hydroxyl groups is 1. The predicted octanol–water partition coefficient (Wildman–Crippen LogP) is 4.60. The van der Waals surface area contributed by atoms with Crippen molar-refractivity contribution in [3.05, 3.63) is 76.3 Å². The summed E-state index contributed by atoms with van der Waals surface area (Å²) in [6, 6.07) is 11.2. The topological polar surface area (TPSA) is 57.6 Å². The van der Waals surface area contributed by atoms with Crippen LogP contribution in [0.2, 0.25) is 5.02 Å². The number of halogens is 2. The van der Waals surface area contributed by atoms with Crippen LogP contribution in [0.5, 0.6) is 0 Å². The second-order valence-electron chi connectivity index (χ2n) is 6.39. The van der Waals surface area contributed by atoms with Gasteiger partial charge in [-0.2, -0.15) is 0 Å². The highest BCUT2D eigenvalue weighted by Gasteiger charge is 2.44. The molecule has 0 saturated heterocycles. The van der Waals surface area contributed by atoms with E-state index in [1.165, 1.54) is 29.2 Å². The Balaban J connectivity index is 2.17. The highest BCUT2D eigenvalue weighted by Crippen LogP contribution is 2.41. The molecule has 1 aliphatic heterocycles. The maximum absolute atomic E-state index is 13.4. The Bertz CT molecular complexity index is 888. The Morgan fingerprint density at radius 3 is 2.23 bits per heavy atom. The molecule has 134 valence electrons. The van der Waals surface area contributed by atoms with Crippen LogP contribution in [-0.2, 0) is 9.59 Å². The van der Waals surface area contributed by atoms with Gasteiger partial charge in [0.15, 0.2) is 11.5 Å². The lowest BCUT2D eigenvalue weighted by molar-refractivity contribution is -0.119. The van der Waals surface area contributed by atoms with Crippen molar-refractivity contribution in [2.45, 2.75) is 19.9 Å². The van der Waals surface area contributed by atoms with Gasteiger partial charge in [-0.25, -0.2) is 4.39 Å². The first-order valence-electron chi connectivity index (χ1n) is 8.13. The minimum absolute atomic E-state index is 0.0200. The summed E-state index contributed by atoms with van der Waals surface area (Å²) in [6.07, 6.45) is 0. The van der Waals surface area contributed by atoms with Crippen LogP contribution >= 0.6 is 11.6 Å². The summed E-state index contributed by atoms with van der Waals surface area (Å²) in [4.78, 5) is 26.8. The summed E-state index contributed by atoms with van der Waals surface area (Å²) in [5.41, 5.74) is 1.03. The lowest BCUT2D eigenvalue weighted by Crippen LogP contribution is -2.31. The number of hydrogen-bond donors (Lipinski definition) is 1. The largest absolute Gasteiger partial charge is 0.503 e. The summed E-state index contributed by atoms with van der Waals surface area (Å²) in [5.74, 6) is -2.42. The summed E-state index contributed by atoms with van der Waals surface area (Å²) < 4.78 is 13.4. The Labute approximate surface area is 155 Å². The molecule has 0 aliphatic carbocycles. The van der Waals surface area contributed by atoms with Gasteiger partial charge < -0.3 is 5.11 Å². The number of anilines is 1. The average Bonchev–Trinajstić information content (AvgIpc) is 2.87. The van der Waals surface area contributed by atoms with E-state index in [0.717, 1.165) is 0 Å². The summed E-state index contributed by atoms with van der Waals surface area (Å²) in [7, 11) is 0. The van der Waals surface area contributed by atoms with E-state index in [4.69, 9.17) is 11.6 Å². The highest BCUT2D eigenvalue weighted by atomic mass is 35.5. The third-order valence-corrected chi connectivity index (χ3v) is 4.54. The molecular weight excluding hydrogens is 357 g/mol. The summed E-state index contributed by atoms with van der Waals surface area (Å²) in [5, 5.41) is 10.9. The number of amides is 1. The minimum Gasteiger partial charge on any atom is -0.503 e. The number of carbonyl (C=O) groups excluding carboxylic acids is 2. The SMILES string of the molecule is CC(C)C(=O)C1=C(O)C(=O)N(c2ccc(Cl)cc2)C1c1ccc(F)cc1. The Hall–Kier alpha value is -2.66. The molecule has 0 spiro atoms. The molecule has 1 atom stereocenters. The van der Waals surface area contributed by atoms with Crippen LogP contribution in [-0.4, -0.2) is 16.8 Å². The van der Waals surface area contributed by atoms with Crippen molar-refractivity contribution in [3.63, 3.8) is 0 Å². The molecule has 1 heterocycles. The first kappa shape index (κ1) is 18.1. The number of rotatable bonds is 4. The first-order chi connectivity index (χ1) is 12.3. The van der Waals surface area contributed by atoms with Crippen molar-refractivity contribution in [2.24, 2.45) is 5.92 Å². The fourth-order valence-corrected chi connectivity index (χ4v) is 3.12. The number of nitrogens with zero attached hydrogens (tertiary/aromatic N) is 1. The third-order valence-electron chi connectivity index (χ3n) is 4.29. The van der Waals surface area contributed by atoms with E-state index in [2.05, 4.69) is 0 Å². The number of ketones is 1. The number of benzene rings is 2. The molecule has 0 aromatic heterocycles. The van der Waals surface area contributed by atoms with E-state index in [9.17, 15) is 19.1 Å². The fraction of sp³-hybridized carbons (Fsp3) is 0.200. The second kappa shape index (κ2) is 6.92. The zero-order valence-electron chi connectivity index (χ0n) is 14.2. The monoisotopic (exact) mass is 373 g/mol. The predicted molar refractivity (Wildman–Crippen MR) is 97.6 cm³/mol.